The van der Waals surface area contributed by atoms with Crippen LogP contribution < -0.4 is 5.32 Å². The van der Waals surface area contributed by atoms with E-state index in [1.54, 1.807) is 4.90 Å². The van der Waals surface area contributed by atoms with Crippen LogP contribution in [-0.2, 0) is 16.1 Å². The van der Waals surface area contributed by atoms with Crippen molar-refractivity contribution >= 4 is 17.7 Å². The van der Waals surface area contributed by atoms with E-state index in [1.165, 1.54) is 5.56 Å². The number of nitrogens with one attached hydrogen (secondary N) is 1. The van der Waals surface area contributed by atoms with Crippen LogP contribution in [0.15, 0.2) is 0 Å². The van der Waals surface area contributed by atoms with Crippen molar-refractivity contribution in [2.24, 2.45) is 0 Å². The lowest BCUT2D eigenvalue weighted by Crippen LogP contribution is -2.52. The maximum Gasteiger partial charge on any atom is 0.255 e. The molecule has 0 bridgehead atoms. The highest BCUT2D eigenvalue weighted by Gasteiger charge is 2.40. The van der Waals surface area contributed by atoms with Crippen molar-refractivity contribution in [3.63, 3.8) is 0 Å². The first-order valence-electron chi connectivity index (χ1n) is 7.56. The number of rotatable bonds is 1. The van der Waals surface area contributed by atoms with E-state index in [-0.39, 0.29) is 24.1 Å². The predicted octanol–water partition coefficient (Wildman–Crippen LogP) is 1.68. The highest BCUT2D eigenvalue weighted by molar-refractivity contribution is 6.06. The minimum Gasteiger partial charge on any atom is -0.322 e. The Morgan fingerprint density at radius 1 is 0.955 bits per heavy atom. The lowest BCUT2D eigenvalue weighted by Gasteiger charge is -2.29. The molecule has 0 saturated carbocycles. The number of imide groups is 1. The molecular weight excluding hydrogens is 280 g/mol. The SMILES string of the molecule is Cc1c(C)c(C)c2c(c1C)CN(C1CCC(=O)NC1=O)C2=O. The highest BCUT2D eigenvalue weighted by Crippen LogP contribution is 2.35. The van der Waals surface area contributed by atoms with Crippen molar-refractivity contribution in [2.45, 2.75) is 53.1 Å². The van der Waals surface area contributed by atoms with Crippen LogP contribution in [0, 0.1) is 27.7 Å². The van der Waals surface area contributed by atoms with E-state index >= 15 is 0 Å². The zero-order valence-corrected chi connectivity index (χ0v) is 13.4. The molecule has 116 valence electrons. The molecule has 3 amide bonds. The summed E-state index contributed by atoms with van der Waals surface area (Å²) >= 11 is 0. The fourth-order valence-electron chi connectivity index (χ4n) is 3.49. The Balaban J connectivity index is 2.02. The fraction of sp³-hybridized carbons (Fsp3) is 0.471. The number of benzene rings is 1. The quantitative estimate of drug-likeness (QED) is 0.802. The molecule has 1 N–H and O–H groups in total. The number of carbonyl (C=O) groups excluding carboxylic acids is 3. The summed E-state index contributed by atoms with van der Waals surface area (Å²) in [4.78, 5) is 37.8. The first-order valence-corrected chi connectivity index (χ1v) is 7.56. The smallest absolute Gasteiger partial charge is 0.255 e. The number of hydrogen-bond donors (Lipinski definition) is 1. The van der Waals surface area contributed by atoms with Crippen LogP contribution in [0.5, 0.6) is 0 Å². The Kier molecular flexibility index (Phi) is 3.31. The van der Waals surface area contributed by atoms with Gasteiger partial charge in [0.1, 0.15) is 6.04 Å². The third-order valence-electron chi connectivity index (χ3n) is 5.21. The molecule has 0 aliphatic carbocycles. The molecule has 22 heavy (non-hydrogen) atoms. The van der Waals surface area contributed by atoms with Gasteiger partial charge >= 0.3 is 0 Å². The van der Waals surface area contributed by atoms with Crippen molar-refractivity contribution in [1.82, 2.24) is 10.2 Å². The molecule has 1 fully saturated rings. The van der Waals surface area contributed by atoms with E-state index in [1.807, 2.05) is 20.8 Å². The standard InChI is InChI=1S/C17H20N2O3/c1-8-9(2)11(4)15-12(10(8)3)7-19(17(15)22)13-5-6-14(20)18-16(13)21/h13H,5-7H2,1-4H3,(H,18,20,21). The van der Waals surface area contributed by atoms with Gasteiger partial charge in [0.05, 0.1) is 0 Å². The lowest BCUT2D eigenvalue weighted by molar-refractivity contribution is -0.136. The van der Waals surface area contributed by atoms with E-state index in [2.05, 4.69) is 12.2 Å². The number of fused-ring (bicyclic) bond motifs is 1. The molecule has 2 heterocycles. The van der Waals surface area contributed by atoms with Crippen molar-refractivity contribution in [3.8, 4) is 0 Å². The minimum absolute atomic E-state index is 0.0896. The van der Waals surface area contributed by atoms with Crippen LogP contribution in [-0.4, -0.2) is 28.7 Å². The Bertz CT molecular complexity index is 721. The van der Waals surface area contributed by atoms with Crippen molar-refractivity contribution in [1.29, 1.82) is 0 Å². The Labute approximate surface area is 129 Å². The van der Waals surface area contributed by atoms with E-state index in [9.17, 15) is 14.4 Å². The predicted molar refractivity (Wildman–Crippen MR) is 81.4 cm³/mol. The average molecular weight is 300 g/mol. The molecule has 0 aromatic heterocycles. The van der Waals surface area contributed by atoms with Gasteiger partial charge in [0.25, 0.3) is 5.91 Å². The summed E-state index contributed by atoms with van der Waals surface area (Å²) in [6, 6.07) is -0.544. The molecule has 1 unspecified atom stereocenters. The Morgan fingerprint density at radius 2 is 1.59 bits per heavy atom. The summed E-state index contributed by atoms with van der Waals surface area (Å²) in [5.74, 6) is -0.709. The third kappa shape index (κ3) is 1.95. The van der Waals surface area contributed by atoms with Crippen LogP contribution in [0.1, 0.15) is 51.0 Å². The first kappa shape index (κ1) is 14.8. The first-order chi connectivity index (χ1) is 10.3. The molecule has 2 aliphatic rings. The van der Waals surface area contributed by atoms with Gasteiger partial charge in [-0.15, -0.1) is 0 Å². The Hall–Kier alpha value is -2.17. The van der Waals surface area contributed by atoms with Gasteiger partial charge in [-0.05, 0) is 61.9 Å². The number of nitrogens with zero attached hydrogens (tertiary/aromatic N) is 1. The minimum atomic E-state index is -0.544. The third-order valence-corrected chi connectivity index (χ3v) is 5.21. The van der Waals surface area contributed by atoms with Crippen molar-refractivity contribution in [2.75, 3.05) is 0 Å². The molecule has 1 saturated heterocycles. The molecule has 2 aliphatic heterocycles. The maximum absolute atomic E-state index is 12.8. The number of carbonyl (C=O) groups is 3. The van der Waals surface area contributed by atoms with Gasteiger partial charge in [0.2, 0.25) is 11.8 Å². The van der Waals surface area contributed by atoms with Crippen LogP contribution in [0.4, 0.5) is 0 Å². The van der Waals surface area contributed by atoms with E-state index in [4.69, 9.17) is 0 Å². The summed E-state index contributed by atoms with van der Waals surface area (Å²) in [5.41, 5.74) is 6.23. The van der Waals surface area contributed by atoms with Crippen LogP contribution >= 0.6 is 0 Å². The van der Waals surface area contributed by atoms with Crippen LogP contribution in [0.25, 0.3) is 0 Å². The molecular formula is C17H20N2O3. The molecule has 5 heteroatoms. The maximum atomic E-state index is 12.8. The van der Waals surface area contributed by atoms with E-state index < -0.39 is 6.04 Å². The second-order valence-electron chi connectivity index (χ2n) is 6.25. The molecule has 1 aromatic rings. The summed E-state index contributed by atoms with van der Waals surface area (Å²) < 4.78 is 0. The summed E-state index contributed by atoms with van der Waals surface area (Å²) in [7, 11) is 0. The van der Waals surface area contributed by atoms with Gasteiger partial charge in [-0.25, -0.2) is 0 Å². The molecule has 3 rings (SSSR count). The second-order valence-corrected chi connectivity index (χ2v) is 6.25. The summed E-state index contributed by atoms with van der Waals surface area (Å²) in [5, 5.41) is 2.33. The zero-order chi connectivity index (χ0) is 16.2. The highest BCUT2D eigenvalue weighted by atomic mass is 16.2. The van der Waals surface area contributed by atoms with Crippen LogP contribution in [0.2, 0.25) is 0 Å². The largest absolute Gasteiger partial charge is 0.322 e. The van der Waals surface area contributed by atoms with Crippen molar-refractivity contribution in [3.05, 3.63) is 33.4 Å². The molecule has 0 radical (unpaired) electrons. The average Bonchev–Trinajstić information content (AvgIpc) is 2.81. The van der Waals surface area contributed by atoms with Gasteiger partial charge < -0.3 is 4.90 Å². The zero-order valence-electron chi connectivity index (χ0n) is 13.4. The van der Waals surface area contributed by atoms with Crippen LogP contribution in [0.3, 0.4) is 0 Å². The van der Waals surface area contributed by atoms with Gasteiger partial charge in [-0.3, -0.25) is 19.7 Å². The number of hydrogen-bond acceptors (Lipinski definition) is 3. The van der Waals surface area contributed by atoms with Gasteiger partial charge in [-0.2, -0.15) is 0 Å². The topological polar surface area (TPSA) is 66.5 Å². The monoisotopic (exact) mass is 300 g/mol. The Morgan fingerprint density at radius 3 is 2.23 bits per heavy atom. The summed E-state index contributed by atoms with van der Waals surface area (Å²) in [6.07, 6.45) is 0.688. The lowest BCUT2D eigenvalue weighted by atomic mass is 9.90. The second kappa shape index (κ2) is 4.93. The van der Waals surface area contributed by atoms with Gasteiger partial charge in [-0.1, -0.05) is 0 Å². The van der Waals surface area contributed by atoms with E-state index in [0.717, 1.165) is 27.8 Å². The molecule has 1 atom stereocenters. The molecule has 5 nitrogen and oxygen atoms in total. The fourth-order valence-corrected chi connectivity index (χ4v) is 3.49. The molecule has 0 spiro atoms. The van der Waals surface area contributed by atoms with Gasteiger partial charge in [0, 0.05) is 18.5 Å². The van der Waals surface area contributed by atoms with Gasteiger partial charge in [0.15, 0.2) is 0 Å². The normalized spacial score (nSPS) is 21.2. The summed E-state index contributed by atoms with van der Waals surface area (Å²) in [6.45, 7) is 8.54. The van der Waals surface area contributed by atoms with E-state index in [0.29, 0.717) is 13.0 Å². The number of piperidine rings is 1. The molecule has 1 aromatic carbocycles. The number of amides is 3. The van der Waals surface area contributed by atoms with Crippen molar-refractivity contribution < 1.29 is 14.4 Å².